The molecule has 184 valence electrons. The van der Waals surface area contributed by atoms with Gasteiger partial charge in [0.2, 0.25) is 5.91 Å². The minimum atomic E-state index is 0. The average molecular weight is 578 g/mol. The zero-order chi connectivity index (χ0) is 22.9. The van der Waals surface area contributed by atoms with Crippen molar-refractivity contribution in [2.75, 3.05) is 38.1 Å². The Morgan fingerprint density at radius 2 is 1.94 bits per heavy atom. The molecule has 1 amide bonds. The van der Waals surface area contributed by atoms with Crippen molar-refractivity contribution in [2.45, 2.75) is 45.2 Å². The number of guanidine groups is 1. The lowest BCUT2D eigenvalue weighted by molar-refractivity contribution is -0.116. The molecule has 8 heteroatoms. The first-order valence-corrected chi connectivity index (χ1v) is 12.1. The van der Waals surface area contributed by atoms with Gasteiger partial charge in [-0.1, -0.05) is 30.3 Å². The molecule has 2 aromatic carbocycles. The molecule has 0 spiro atoms. The molecule has 0 saturated carbocycles. The van der Waals surface area contributed by atoms with Gasteiger partial charge < -0.3 is 20.7 Å². The van der Waals surface area contributed by atoms with E-state index in [4.69, 9.17) is 9.73 Å². The van der Waals surface area contributed by atoms with Gasteiger partial charge in [0, 0.05) is 44.3 Å². The molecule has 0 radical (unpaired) electrons. The molecule has 2 aliphatic heterocycles. The summed E-state index contributed by atoms with van der Waals surface area (Å²) in [5, 5.41) is 9.86. The summed E-state index contributed by atoms with van der Waals surface area (Å²) in [6, 6.07) is 17.0. The Morgan fingerprint density at radius 3 is 2.71 bits per heavy atom. The van der Waals surface area contributed by atoms with Crippen LogP contribution < -0.4 is 20.7 Å². The maximum absolute atomic E-state index is 11.5. The van der Waals surface area contributed by atoms with E-state index in [2.05, 4.69) is 58.1 Å². The van der Waals surface area contributed by atoms with Gasteiger partial charge >= 0.3 is 0 Å². The van der Waals surface area contributed by atoms with Crippen LogP contribution in [0.3, 0.4) is 0 Å². The summed E-state index contributed by atoms with van der Waals surface area (Å²) >= 11 is 0. The molecule has 0 aliphatic carbocycles. The number of aliphatic imine (C=N–C) groups is 1. The standard InChI is InChI=1S/C26H35N5O2.HI/c1-2-27-26(29-22-12-15-31(16-13-22)19-20-6-4-3-5-7-20)28-14-17-33-23-9-10-24-21(18-23)8-11-25(32)30-24;/h3-7,9-10,18,22H,2,8,11-17,19H2,1H3,(H,30,32)(H2,27,28,29);1H. The van der Waals surface area contributed by atoms with Gasteiger partial charge in [-0.05, 0) is 55.5 Å². The number of likely N-dealkylation sites (tertiary alicyclic amines) is 1. The molecule has 1 saturated heterocycles. The number of carbonyl (C=O) groups excluding carboxylic acids is 1. The van der Waals surface area contributed by atoms with Crippen molar-refractivity contribution >= 4 is 41.5 Å². The van der Waals surface area contributed by atoms with E-state index < -0.39 is 0 Å². The Balaban J connectivity index is 0.00000324. The highest BCUT2D eigenvalue weighted by Gasteiger charge is 2.20. The monoisotopic (exact) mass is 577 g/mol. The molecular weight excluding hydrogens is 541 g/mol. The van der Waals surface area contributed by atoms with Crippen LogP contribution in [0.2, 0.25) is 0 Å². The average Bonchev–Trinajstić information content (AvgIpc) is 2.84. The number of hydrogen-bond donors (Lipinski definition) is 3. The van der Waals surface area contributed by atoms with Crippen LogP contribution in [0.15, 0.2) is 53.5 Å². The van der Waals surface area contributed by atoms with Crippen LogP contribution in [0.1, 0.15) is 37.3 Å². The van der Waals surface area contributed by atoms with Crippen LogP contribution in [-0.2, 0) is 17.8 Å². The number of carbonyl (C=O) groups is 1. The summed E-state index contributed by atoms with van der Waals surface area (Å²) in [5.41, 5.74) is 3.40. The Morgan fingerprint density at radius 1 is 1.15 bits per heavy atom. The summed E-state index contributed by atoms with van der Waals surface area (Å²) in [5.74, 6) is 1.76. The Labute approximate surface area is 219 Å². The molecule has 34 heavy (non-hydrogen) atoms. The van der Waals surface area contributed by atoms with Gasteiger partial charge in [-0.2, -0.15) is 0 Å². The number of piperidine rings is 1. The predicted molar refractivity (Wildman–Crippen MR) is 148 cm³/mol. The van der Waals surface area contributed by atoms with Crippen molar-refractivity contribution in [3.8, 4) is 5.75 Å². The Hall–Kier alpha value is -2.33. The molecule has 3 N–H and O–H groups in total. The highest BCUT2D eigenvalue weighted by molar-refractivity contribution is 14.0. The minimum Gasteiger partial charge on any atom is -0.492 e. The van der Waals surface area contributed by atoms with E-state index in [0.717, 1.165) is 68.4 Å². The van der Waals surface area contributed by atoms with E-state index in [0.29, 0.717) is 25.6 Å². The van der Waals surface area contributed by atoms with Crippen LogP contribution in [0.25, 0.3) is 0 Å². The first-order valence-electron chi connectivity index (χ1n) is 12.1. The van der Waals surface area contributed by atoms with E-state index in [1.54, 1.807) is 0 Å². The normalized spacial score (nSPS) is 16.7. The van der Waals surface area contributed by atoms with Gasteiger partial charge in [0.15, 0.2) is 5.96 Å². The predicted octanol–water partition coefficient (Wildman–Crippen LogP) is 3.79. The smallest absolute Gasteiger partial charge is 0.224 e. The fraction of sp³-hybridized carbons (Fsp3) is 0.462. The zero-order valence-electron chi connectivity index (χ0n) is 19.9. The van der Waals surface area contributed by atoms with Gasteiger partial charge in [-0.25, -0.2) is 4.99 Å². The van der Waals surface area contributed by atoms with E-state index in [9.17, 15) is 4.79 Å². The fourth-order valence-electron chi connectivity index (χ4n) is 4.36. The second-order valence-corrected chi connectivity index (χ2v) is 8.66. The van der Waals surface area contributed by atoms with Crippen molar-refractivity contribution in [3.05, 3.63) is 59.7 Å². The molecule has 0 unspecified atom stereocenters. The molecule has 2 aliphatic rings. The number of halogens is 1. The first kappa shape index (κ1) is 26.3. The number of anilines is 1. The lowest BCUT2D eigenvalue weighted by Gasteiger charge is -2.33. The number of aryl methyl sites for hydroxylation is 1. The highest BCUT2D eigenvalue weighted by atomic mass is 127. The molecular formula is C26H36IN5O2. The highest BCUT2D eigenvalue weighted by Crippen LogP contribution is 2.26. The summed E-state index contributed by atoms with van der Waals surface area (Å²) in [7, 11) is 0. The Kier molecular flexibility index (Phi) is 10.5. The van der Waals surface area contributed by atoms with Crippen molar-refractivity contribution in [1.82, 2.24) is 15.5 Å². The molecule has 0 bridgehead atoms. The molecule has 1 fully saturated rings. The summed E-state index contributed by atoms with van der Waals surface area (Å²) in [4.78, 5) is 18.7. The number of amides is 1. The van der Waals surface area contributed by atoms with Gasteiger partial charge in [-0.15, -0.1) is 24.0 Å². The quantitative estimate of drug-likeness (QED) is 0.193. The second kappa shape index (κ2) is 13.5. The van der Waals surface area contributed by atoms with E-state index in [-0.39, 0.29) is 29.9 Å². The van der Waals surface area contributed by atoms with Crippen LogP contribution in [0.4, 0.5) is 5.69 Å². The minimum absolute atomic E-state index is 0. The van der Waals surface area contributed by atoms with Crippen LogP contribution in [0.5, 0.6) is 5.75 Å². The zero-order valence-corrected chi connectivity index (χ0v) is 22.2. The second-order valence-electron chi connectivity index (χ2n) is 8.66. The topological polar surface area (TPSA) is 78.0 Å². The fourth-order valence-corrected chi connectivity index (χ4v) is 4.36. The molecule has 0 aromatic heterocycles. The SMILES string of the molecule is CCNC(=NCCOc1ccc2c(c1)CCC(=O)N2)NC1CCN(Cc2ccccc2)CC1.I. The van der Waals surface area contributed by atoms with Crippen LogP contribution >= 0.6 is 24.0 Å². The number of nitrogens with zero attached hydrogens (tertiary/aromatic N) is 2. The largest absolute Gasteiger partial charge is 0.492 e. The van der Waals surface area contributed by atoms with Gasteiger partial charge in [-0.3, -0.25) is 9.69 Å². The first-order chi connectivity index (χ1) is 16.2. The number of fused-ring (bicyclic) bond motifs is 1. The molecule has 0 atom stereocenters. The number of rotatable bonds is 8. The third kappa shape index (κ3) is 7.87. The molecule has 2 heterocycles. The summed E-state index contributed by atoms with van der Waals surface area (Å²) in [6.07, 6.45) is 3.51. The van der Waals surface area contributed by atoms with Gasteiger partial charge in [0.25, 0.3) is 0 Å². The van der Waals surface area contributed by atoms with Crippen molar-refractivity contribution < 1.29 is 9.53 Å². The van der Waals surface area contributed by atoms with Crippen molar-refractivity contribution in [3.63, 3.8) is 0 Å². The number of hydrogen-bond acceptors (Lipinski definition) is 4. The van der Waals surface area contributed by atoms with Crippen molar-refractivity contribution in [2.24, 2.45) is 4.99 Å². The van der Waals surface area contributed by atoms with Gasteiger partial charge in [0.05, 0.1) is 6.54 Å². The molecule has 4 rings (SSSR count). The Bertz CT molecular complexity index is 945. The van der Waals surface area contributed by atoms with Crippen molar-refractivity contribution in [1.29, 1.82) is 0 Å². The lowest BCUT2D eigenvalue weighted by atomic mass is 10.0. The van der Waals surface area contributed by atoms with Gasteiger partial charge in [0.1, 0.15) is 12.4 Å². The summed E-state index contributed by atoms with van der Waals surface area (Å²) in [6.45, 7) is 7.21. The number of ether oxygens (including phenoxy) is 1. The van der Waals surface area contributed by atoms with E-state index >= 15 is 0 Å². The third-order valence-electron chi connectivity index (χ3n) is 6.12. The lowest BCUT2D eigenvalue weighted by Crippen LogP contribution is -2.48. The third-order valence-corrected chi connectivity index (χ3v) is 6.12. The van der Waals surface area contributed by atoms with E-state index in [1.807, 2.05) is 18.2 Å². The number of nitrogens with one attached hydrogen (secondary N) is 3. The van der Waals surface area contributed by atoms with Crippen LogP contribution in [-0.4, -0.2) is 55.6 Å². The van der Waals surface area contributed by atoms with E-state index in [1.165, 1.54) is 5.56 Å². The maximum atomic E-state index is 11.5. The summed E-state index contributed by atoms with van der Waals surface area (Å²) < 4.78 is 5.91. The van der Waals surface area contributed by atoms with Crippen LogP contribution in [0, 0.1) is 0 Å². The molecule has 7 nitrogen and oxygen atoms in total. The molecule has 2 aromatic rings. The number of benzene rings is 2. The maximum Gasteiger partial charge on any atom is 0.224 e.